The first kappa shape index (κ1) is 24.2. The van der Waals surface area contributed by atoms with Crippen molar-refractivity contribution < 1.29 is 13.2 Å². The molecule has 0 spiro atoms. The van der Waals surface area contributed by atoms with Crippen molar-refractivity contribution >= 4 is 16.1 Å². The quantitative estimate of drug-likeness (QED) is 0.380. The molecule has 4 nitrogen and oxygen atoms in total. The topological polar surface area (TPSA) is 46.6 Å². The van der Waals surface area contributed by atoms with E-state index >= 15 is 0 Å². The lowest BCUT2D eigenvalue weighted by molar-refractivity contribution is 0.346. The van der Waals surface area contributed by atoms with Crippen molar-refractivity contribution in [3.05, 3.63) is 65.7 Å². The van der Waals surface area contributed by atoms with Crippen molar-refractivity contribution in [2.45, 2.75) is 63.8 Å². The van der Waals surface area contributed by atoms with Crippen molar-refractivity contribution in [1.29, 1.82) is 0 Å². The monoisotopic (exact) mass is 429 g/mol. The maximum Gasteiger partial charge on any atom is 0.243 e. The van der Waals surface area contributed by atoms with Gasteiger partial charge in [-0.15, -0.1) is 0 Å². The fourth-order valence-corrected chi connectivity index (χ4v) is 5.06. The highest BCUT2D eigenvalue weighted by molar-refractivity contribution is 7.89. The fraction of sp³-hybridized carbons (Fsp3) is 0.440. The van der Waals surface area contributed by atoms with Gasteiger partial charge in [-0.3, -0.25) is 0 Å². The lowest BCUT2D eigenvalue weighted by Crippen LogP contribution is -2.39. The van der Waals surface area contributed by atoms with Gasteiger partial charge in [-0.05, 0) is 56.0 Å². The molecule has 5 heteroatoms. The number of hydrogen-bond acceptors (Lipinski definition) is 3. The van der Waals surface area contributed by atoms with E-state index in [0.717, 1.165) is 43.2 Å². The molecule has 1 atom stereocenters. The zero-order valence-corrected chi connectivity index (χ0v) is 19.5. The Morgan fingerprint density at radius 2 is 1.70 bits per heavy atom. The second-order valence-corrected chi connectivity index (χ2v) is 9.54. The van der Waals surface area contributed by atoms with Crippen LogP contribution in [0.2, 0.25) is 0 Å². The first-order valence-corrected chi connectivity index (χ1v) is 12.3. The molecule has 0 aliphatic carbocycles. The van der Waals surface area contributed by atoms with Gasteiger partial charge in [-0.25, -0.2) is 8.42 Å². The summed E-state index contributed by atoms with van der Waals surface area (Å²) >= 11 is 0. The van der Waals surface area contributed by atoms with E-state index in [0.29, 0.717) is 17.2 Å². The van der Waals surface area contributed by atoms with Gasteiger partial charge in [0.15, 0.2) is 0 Å². The Hall–Kier alpha value is -2.11. The molecule has 0 heterocycles. The zero-order valence-electron chi connectivity index (χ0n) is 18.7. The highest BCUT2D eigenvalue weighted by Gasteiger charge is 2.29. The number of benzene rings is 2. The van der Waals surface area contributed by atoms with E-state index in [1.54, 1.807) is 35.7 Å². The van der Waals surface area contributed by atoms with Crippen LogP contribution < -0.4 is 4.74 Å². The summed E-state index contributed by atoms with van der Waals surface area (Å²) in [5.41, 5.74) is 2.25. The summed E-state index contributed by atoms with van der Waals surface area (Å²) in [4.78, 5) is 0.302. The molecule has 1 unspecified atom stereocenters. The summed E-state index contributed by atoms with van der Waals surface area (Å²) in [6, 6.07) is 16.7. The molecule has 0 N–H and O–H groups in total. The maximum atomic E-state index is 13.5. The van der Waals surface area contributed by atoms with Crippen LogP contribution in [0.1, 0.15) is 58.4 Å². The Morgan fingerprint density at radius 3 is 2.27 bits per heavy atom. The number of nitrogens with zero attached hydrogens (tertiary/aromatic N) is 1. The molecular weight excluding hydrogens is 394 g/mol. The Bertz CT molecular complexity index is 890. The lowest BCUT2D eigenvalue weighted by Gasteiger charge is -2.29. The summed E-state index contributed by atoms with van der Waals surface area (Å²) in [7, 11) is -2.04. The number of rotatable bonds is 12. The maximum absolute atomic E-state index is 13.5. The van der Waals surface area contributed by atoms with E-state index in [-0.39, 0.29) is 6.04 Å². The van der Waals surface area contributed by atoms with E-state index in [2.05, 4.69) is 25.1 Å². The molecule has 0 bridgehead atoms. The van der Waals surface area contributed by atoms with Gasteiger partial charge in [0, 0.05) is 12.6 Å². The van der Waals surface area contributed by atoms with Crippen LogP contribution in [0.4, 0.5) is 0 Å². The number of ether oxygens (including phenoxy) is 1. The average molecular weight is 430 g/mol. The van der Waals surface area contributed by atoms with Gasteiger partial charge in [0.25, 0.3) is 0 Å². The zero-order chi connectivity index (χ0) is 22.0. The van der Waals surface area contributed by atoms with Crippen LogP contribution in [-0.2, 0) is 10.0 Å². The van der Waals surface area contributed by atoms with E-state index < -0.39 is 10.0 Å². The summed E-state index contributed by atoms with van der Waals surface area (Å²) in [5, 5.41) is 0. The Kier molecular flexibility index (Phi) is 9.60. The normalized spacial score (nSPS) is 13.4. The van der Waals surface area contributed by atoms with Crippen molar-refractivity contribution in [3.63, 3.8) is 0 Å². The van der Waals surface area contributed by atoms with Crippen molar-refractivity contribution in [1.82, 2.24) is 4.31 Å². The van der Waals surface area contributed by atoms with E-state index in [1.807, 2.05) is 32.0 Å². The van der Waals surface area contributed by atoms with Crippen LogP contribution in [0.5, 0.6) is 5.75 Å². The minimum atomic E-state index is -3.62. The largest absolute Gasteiger partial charge is 0.497 e. The number of sulfonamides is 1. The third kappa shape index (κ3) is 6.71. The van der Waals surface area contributed by atoms with Gasteiger partial charge in [0.2, 0.25) is 10.0 Å². The van der Waals surface area contributed by atoms with E-state index in [1.165, 1.54) is 0 Å². The molecule has 0 aliphatic heterocycles. The fourth-order valence-electron chi connectivity index (χ4n) is 3.35. The van der Waals surface area contributed by atoms with Crippen molar-refractivity contribution in [2.75, 3.05) is 13.7 Å². The summed E-state index contributed by atoms with van der Waals surface area (Å²) in [5.74, 6) is 0.647. The Morgan fingerprint density at radius 1 is 1.03 bits per heavy atom. The van der Waals surface area contributed by atoms with Gasteiger partial charge in [0.05, 0.1) is 12.0 Å². The molecule has 2 aromatic rings. The molecule has 164 valence electrons. The molecule has 0 saturated heterocycles. The van der Waals surface area contributed by atoms with Crippen LogP contribution in [0.15, 0.2) is 65.1 Å². The molecule has 0 radical (unpaired) electrons. The predicted octanol–water partition coefficient (Wildman–Crippen LogP) is 6.15. The van der Waals surface area contributed by atoms with Crippen LogP contribution in [0, 0.1) is 0 Å². The second kappa shape index (κ2) is 11.9. The highest BCUT2D eigenvalue weighted by Crippen LogP contribution is 2.25. The summed E-state index contributed by atoms with van der Waals surface area (Å²) in [6.07, 6.45) is 7.13. The van der Waals surface area contributed by atoms with Gasteiger partial charge >= 0.3 is 0 Å². The third-order valence-electron chi connectivity index (χ3n) is 5.38. The van der Waals surface area contributed by atoms with Crippen LogP contribution in [0.25, 0.3) is 6.08 Å². The lowest BCUT2D eigenvalue weighted by atomic mass is 10.0. The Labute approximate surface area is 182 Å². The smallest absolute Gasteiger partial charge is 0.243 e. The molecule has 0 aromatic heterocycles. The molecule has 0 amide bonds. The van der Waals surface area contributed by atoms with Crippen molar-refractivity contribution in [2.24, 2.45) is 0 Å². The van der Waals surface area contributed by atoms with Gasteiger partial charge in [-0.1, -0.05) is 68.7 Å². The summed E-state index contributed by atoms with van der Waals surface area (Å²) in [6.45, 7) is 6.59. The predicted molar refractivity (Wildman–Crippen MR) is 125 cm³/mol. The molecule has 2 aromatic carbocycles. The summed E-state index contributed by atoms with van der Waals surface area (Å²) < 4.78 is 33.8. The van der Waals surface area contributed by atoms with E-state index in [4.69, 9.17) is 4.74 Å². The third-order valence-corrected chi connectivity index (χ3v) is 7.35. The van der Waals surface area contributed by atoms with Gasteiger partial charge in [-0.2, -0.15) is 4.31 Å². The number of methoxy groups -OCH3 is 1. The second-order valence-electron chi connectivity index (χ2n) is 7.65. The SMILES string of the molecule is CCCCC/C(=C\c1ccccc1)CN(C(C)CC)S(=O)(=O)c1ccc(OC)cc1. The molecule has 0 saturated carbocycles. The van der Waals surface area contributed by atoms with E-state index in [9.17, 15) is 8.42 Å². The van der Waals surface area contributed by atoms with Crippen LogP contribution in [0.3, 0.4) is 0 Å². The Balaban J connectivity index is 2.37. The van der Waals surface area contributed by atoms with Gasteiger partial charge in [0.1, 0.15) is 5.75 Å². The minimum absolute atomic E-state index is 0.0950. The highest BCUT2D eigenvalue weighted by atomic mass is 32.2. The average Bonchev–Trinajstić information content (AvgIpc) is 2.77. The molecule has 30 heavy (non-hydrogen) atoms. The molecule has 0 fully saturated rings. The molecule has 2 rings (SSSR count). The number of hydrogen-bond donors (Lipinski definition) is 0. The van der Waals surface area contributed by atoms with Crippen LogP contribution in [-0.4, -0.2) is 32.4 Å². The number of unbranched alkanes of at least 4 members (excludes halogenated alkanes) is 2. The van der Waals surface area contributed by atoms with Gasteiger partial charge < -0.3 is 4.74 Å². The molecule has 0 aliphatic rings. The minimum Gasteiger partial charge on any atom is -0.497 e. The van der Waals surface area contributed by atoms with Crippen molar-refractivity contribution in [3.8, 4) is 5.75 Å². The first-order valence-electron chi connectivity index (χ1n) is 10.8. The van der Waals surface area contributed by atoms with Crippen LogP contribution >= 0.6 is 0 Å². The molecular formula is C25H35NO3S. The first-order chi connectivity index (χ1) is 14.4. The standard InChI is InChI=1S/C25H35NO3S/c1-5-7-9-14-23(19-22-12-10-8-11-13-22)20-26(21(3)6-2)30(27,28)25-17-15-24(29-4)16-18-25/h8,10-13,15-19,21H,5-7,9,14,20H2,1-4H3/b23-19+.